The molecule has 1 amide bonds. The lowest BCUT2D eigenvalue weighted by molar-refractivity contribution is -0.113. The van der Waals surface area contributed by atoms with E-state index in [0.29, 0.717) is 41.1 Å². The van der Waals surface area contributed by atoms with Crippen LogP contribution in [0.4, 0.5) is 11.8 Å². The van der Waals surface area contributed by atoms with Crippen LogP contribution in [-0.2, 0) is 4.79 Å². The zero-order valence-corrected chi connectivity index (χ0v) is 16.8. The van der Waals surface area contributed by atoms with Gasteiger partial charge in [0, 0.05) is 11.9 Å². The van der Waals surface area contributed by atoms with E-state index in [4.69, 9.17) is 9.47 Å². The fourth-order valence-electron chi connectivity index (χ4n) is 3.36. The SMILES string of the molecule is CCOc1ccc(C2C(C(=O)Nc3ccccn3)=C(C)Nc3nnnn32)cc1OC. The summed E-state index contributed by atoms with van der Waals surface area (Å²) < 4.78 is 12.7. The molecule has 10 heteroatoms. The number of carbonyl (C=O) groups is 1. The number of rotatable bonds is 6. The summed E-state index contributed by atoms with van der Waals surface area (Å²) in [6.45, 7) is 4.22. The standard InChI is InChI=1S/C20H21N7O3/c1-4-30-14-9-8-13(11-15(14)29-3)18-17(12(2)22-20-24-25-26-27(18)20)19(28)23-16-7-5-6-10-21-16/h5-11,18H,4H2,1-3H3,(H,21,23,28)(H,22,24,26). The molecule has 4 rings (SSSR count). The molecule has 0 aliphatic carbocycles. The quantitative estimate of drug-likeness (QED) is 0.640. The van der Waals surface area contributed by atoms with E-state index in [1.165, 1.54) is 0 Å². The third kappa shape index (κ3) is 3.54. The lowest BCUT2D eigenvalue weighted by Crippen LogP contribution is -2.31. The normalized spacial score (nSPS) is 15.2. The van der Waals surface area contributed by atoms with Crippen molar-refractivity contribution in [3.05, 3.63) is 59.4 Å². The maximum atomic E-state index is 13.2. The molecular formula is C20H21N7O3. The zero-order chi connectivity index (χ0) is 21.1. The molecule has 30 heavy (non-hydrogen) atoms. The van der Waals surface area contributed by atoms with E-state index < -0.39 is 6.04 Å². The number of nitrogens with zero attached hydrogens (tertiary/aromatic N) is 5. The van der Waals surface area contributed by atoms with Gasteiger partial charge in [-0.25, -0.2) is 4.98 Å². The van der Waals surface area contributed by atoms with Crippen molar-refractivity contribution in [1.82, 2.24) is 25.2 Å². The molecule has 0 saturated heterocycles. The summed E-state index contributed by atoms with van der Waals surface area (Å²) in [6, 6.07) is 10.3. The van der Waals surface area contributed by atoms with Gasteiger partial charge in [-0.2, -0.15) is 4.68 Å². The Kier molecular flexibility index (Phi) is 5.29. The lowest BCUT2D eigenvalue weighted by Gasteiger charge is -2.28. The molecule has 0 bridgehead atoms. The highest BCUT2D eigenvalue weighted by atomic mass is 16.5. The van der Waals surface area contributed by atoms with Crippen molar-refractivity contribution in [2.24, 2.45) is 0 Å². The van der Waals surface area contributed by atoms with Crippen LogP contribution in [0.15, 0.2) is 53.9 Å². The van der Waals surface area contributed by atoms with Crippen LogP contribution in [0, 0.1) is 0 Å². The van der Waals surface area contributed by atoms with Crippen molar-refractivity contribution in [3.8, 4) is 11.5 Å². The summed E-state index contributed by atoms with van der Waals surface area (Å²) >= 11 is 0. The molecule has 0 radical (unpaired) electrons. The first-order valence-electron chi connectivity index (χ1n) is 9.41. The minimum atomic E-state index is -0.565. The Morgan fingerprint density at radius 3 is 2.87 bits per heavy atom. The van der Waals surface area contributed by atoms with Crippen LogP contribution in [0.25, 0.3) is 0 Å². The summed E-state index contributed by atoms with van der Waals surface area (Å²) in [4.78, 5) is 17.4. The van der Waals surface area contributed by atoms with Gasteiger partial charge in [0.15, 0.2) is 11.5 Å². The Balaban J connectivity index is 1.78. The lowest BCUT2D eigenvalue weighted by atomic mass is 9.94. The van der Waals surface area contributed by atoms with Gasteiger partial charge in [0.2, 0.25) is 5.95 Å². The second kappa shape index (κ2) is 8.19. The number of anilines is 2. The maximum absolute atomic E-state index is 13.2. The predicted octanol–water partition coefficient (Wildman–Crippen LogP) is 2.40. The number of benzene rings is 1. The number of aromatic nitrogens is 5. The van der Waals surface area contributed by atoms with Crippen molar-refractivity contribution in [1.29, 1.82) is 0 Å². The van der Waals surface area contributed by atoms with Crippen LogP contribution in [0.3, 0.4) is 0 Å². The third-order valence-electron chi connectivity index (χ3n) is 4.67. The molecule has 10 nitrogen and oxygen atoms in total. The minimum Gasteiger partial charge on any atom is -0.493 e. The predicted molar refractivity (Wildman–Crippen MR) is 109 cm³/mol. The molecule has 3 heterocycles. The fraction of sp³-hybridized carbons (Fsp3) is 0.250. The maximum Gasteiger partial charge on any atom is 0.257 e. The zero-order valence-electron chi connectivity index (χ0n) is 16.8. The first-order chi connectivity index (χ1) is 14.6. The molecule has 0 spiro atoms. The van der Waals surface area contributed by atoms with Crippen LogP contribution in [0.5, 0.6) is 11.5 Å². The number of carbonyl (C=O) groups excluding carboxylic acids is 1. The Bertz CT molecular complexity index is 1090. The van der Waals surface area contributed by atoms with E-state index in [-0.39, 0.29) is 5.91 Å². The summed E-state index contributed by atoms with van der Waals surface area (Å²) in [7, 11) is 1.57. The van der Waals surface area contributed by atoms with E-state index in [9.17, 15) is 4.79 Å². The molecular weight excluding hydrogens is 386 g/mol. The van der Waals surface area contributed by atoms with Gasteiger partial charge >= 0.3 is 0 Å². The number of tetrazole rings is 1. The van der Waals surface area contributed by atoms with E-state index in [2.05, 4.69) is 31.1 Å². The van der Waals surface area contributed by atoms with Crippen LogP contribution >= 0.6 is 0 Å². The number of fused-ring (bicyclic) bond motifs is 1. The number of amides is 1. The molecule has 154 valence electrons. The van der Waals surface area contributed by atoms with Crippen LogP contribution in [0.1, 0.15) is 25.5 Å². The molecule has 3 aromatic rings. The van der Waals surface area contributed by atoms with Crippen molar-refractivity contribution in [3.63, 3.8) is 0 Å². The molecule has 1 aromatic carbocycles. The van der Waals surface area contributed by atoms with Gasteiger partial charge < -0.3 is 20.1 Å². The minimum absolute atomic E-state index is 0.308. The van der Waals surface area contributed by atoms with Gasteiger partial charge in [0.1, 0.15) is 11.9 Å². The first-order valence-corrected chi connectivity index (χ1v) is 9.41. The summed E-state index contributed by atoms with van der Waals surface area (Å²) in [5.74, 6) is 1.77. The van der Waals surface area contributed by atoms with E-state index in [1.54, 1.807) is 36.2 Å². The number of allylic oxidation sites excluding steroid dienone is 1. The summed E-state index contributed by atoms with van der Waals surface area (Å²) in [5, 5.41) is 17.8. The number of hydrogen-bond acceptors (Lipinski definition) is 8. The van der Waals surface area contributed by atoms with Crippen LogP contribution in [-0.4, -0.2) is 44.8 Å². The molecule has 0 fully saturated rings. The first kappa shape index (κ1) is 19.4. The van der Waals surface area contributed by atoms with Gasteiger partial charge in [-0.15, -0.1) is 0 Å². The topological polar surface area (TPSA) is 116 Å². The van der Waals surface area contributed by atoms with Crippen molar-refractivity contribution >= 4 is 17.7 Å². The van der Waals surface area contributed by atoms with Crippen molar-refractivity contribution < 1.29 is 14.3 Å². The van der Waals surface area contributed by atoms with Crippen LogP contribution < -0.4 is 20.1 Å². The van der Waals surface area contributed by atoms with Crippen LogP contribution in [0.2, 0.25) is 0 Å². The Hall–Kier alpha value is -3.95. The molecule has 1 aliphatic rings. The number of nitrogens with one attached hydrogen (secondary N) is 2. The summed E-state index contributed by atoms with van der Waals surface area (Å²) in [5.41, 5.74) is 1.88. The van der Waals surface area contributed by atoms with Gasteiger partial charge in [-0.3, -0.25) is 4.79 Å². The number of pyridine rings is 1. The van der Waals surface area contributed by atoms with E-state index in [0.717, 1.165) is 5.56 Å². The second-order valence-electron chi connectivity index (χ2n) is 6.53. The monoisotopic (exact) mass is 407 g/mol. The van der Waals surface area contributed by atoms with Crippen molar-refractivity contribution in [2.45, 2.75) is 19.9 Å². The molecule has 1 atom stereocenters. The van der Waals surface area contributed by atoms with Gasteiger partial charge in [-0.1, -0.05) is 17.2 Å². The van der Waals surface area contributed by atoms with E-state index in [1.807, 2.05) is 32.0 Å². The Morgan fingerprint density at radius 1 is 1.27 bits per heavy atom. The van der Waals surface area contributed by atoms with E-state index >= 15 is 0 Å². The highest BCUT2D eigenvalue weighted by molar-refractivity contribution is 6.05. The molecule has 1 unspecified atom stereocenters. The molecule has 0 saturated carbocycles. The molecule has 2 N–H and O–H groups in total. The smallest absolute Gasteiger partial charge is 0.257 e. The van der Waals surface area contributed by atoms with Gasteiger partial charge in [0.25, 0.3) is 5.91 Å². The molecule has 2 aromatic heterocycles. The number of hydrogen-bond donors (Lipinski definition) is 2. The average Bonchev–Trinajstić information content (AvgIpc) is 3.22. The second-order valence-corrected chi connectivity index (χ2v) is 6.53. The van der Waals surface area contributed by atoms with Gasteiger partial charge in [-0.05, 0) is 54.1 Å². The largest absolute Gasteiger partial charge is 0.493 e. The van der Waals surface area contributed by atoms with Gasteiger partial charge in [0.05, 0.1) is 19.3 Å². The molecule has 1 aliphatic heterocycles. The average molecular weight is 407 g/mol. The third-order valence-corrected chi connectivity index (χ3v) is 4.67. The highest BCUT2D eigenvalue weighted by Gasteiger charge is 2.34. The number of methoxy groups -OCH3 is 1. The Labute approximate surface area is 172 Å². The number of ether oxygens (including phenoxy) is 2. The summed E-state index contributed by atoms with van der Waals surface area (Å²) in [6.07, 6.45) is 1.62. The Morgan fingerprint density at radius 2 is 2.13 bits per heavy atom. The fourth-order valence-corrected chi connectivity index (χ4v) is 3.36. The highest BCUT2D eigenvalue weighted by Crippen LogP contribution is 2.38. The van der Waals surface area contributed by atoms with Crippen molar-refractivity contribution in [2.75, 3.05) is 24.4 Å².